The average Bonchev–Trinajstić information content (AvgIpc) is 2.34. The van der Waals surface area contributed by atoms with Crippen LogP contribution in [-0.2, 0) is 14.3 Å². The van der Waals surface area contributed by atoms with Gasteiger partial charge in [0, 0.05) is 27.2 Å². The number of nitrogens with one attached hydrogen (secondary N) is 2. The lowest BCUT2D eigenvalue weighted by Crippen LogP contribution is -2.46. The Labute approximate surface area is 103 Å². The van der Waals surface area contributed by atoms with Crippen LogP contribution in [0.15, 0.2) is 0 Å². The third kappa shape index (κ3) is 6.91. The summed E-state index contributed by atoms with van der Waals surface area (Å²) in [6.07, 6.45) is 0. The first-order valence-electron chi connectivity index (χ1n) is 5.76. The molecule has 0 saturated carbocycles. The van der Waals surface area contributed by atoms with Gasteiger partial charge in [-0.05, 0) is 13.8 Å². The van der Waals surface area contributed by atoms with Crippen molar-refractivity contribution in [3.05, 3.63) is 0 Å². The molecule has 0 aromatic carbocycles. The first-order chi connectivity index (χ1) is 8.02. The fourth-order valence-electron chi connectivity index (χ4n) is 1.17. The molecule has 2 amide bonds. The summed E-state index contributed by atoms with van der Waals surface area (Å²) in [6.45, 7) is 5.41. The number of carbonyl (C=O) groups is 2. The highest BCUT2D eigenvalue weighted by molar-refractivity contribution is 5.83. The zero-order valence-corrected chi connectivity index (χ0v) is 11.1. The van der Waals surface area contributed by atoms with Crippen molar-refractivity contribution >= 4 is 11.8 Å². The number of rotatable bonds is 8. The van der Waals surface area contributed by atoms with E-state index >= 15 is 0 Å². The molecule has 1 atom stereocenters. The second-order valence-electron chi connectivity index (χ2n) is 3.80. The van der Waals surface area contributed by atoms with Crippen LogP contribution in [0.3, 0.4) is 0 Å². The van der Waals surface area contributed by atoms with E-state index in [0.717, 1.165) is 0 Å². The SMILES string of the molecule is CCN(C)C(=O)C(C)NCC(=O)NCCOC. The number of likely N-dealkylation sites (N-methyl/N-ethyl adjacent to an activating group) is 1. The van der Waals surface area contributed by atoms with Crippen molar-refractivity contribution in [2.75, 3.05) is 40.4 Å². The molecule has 0 saturated heterocycles. The van der Waals surface area contributed by atoms with E-state index < -0.39 is 0 Å². The van der Waals surface area contributed by atoms with Gasteiger partial charge in [-0.1, -0.05) is 0 Å². The molecule has 100 valence electrons. The summed E-state index contributed by atoms with van der Waals surface area (Å²) < 4.78 is 4.81. The summed E-state index contributed by atoms with van der Waals surface area (Å²) in [5, 5.41) is 5.55. The van der Waals surface area contributed by atoms with Gasteiger partial charge in [0.15, 0.2) is 0 Å². The molecular weight excluding hydrogens is 222 g/mol. The van der Waals surface area contributed by atoms with E-state index in [-0.39, 0.29) is 24.4 Å². The lowest BCUT2D eigenvalue weighted by molar-refractivity contribution is -0.131. The van der Waals surface area contributed by atoms with Gasteiger partial charge in [0.05, 0.1) is 19.2 Å². The summed E-state index contributed by atoms with van der Waals surface area (Å²) in [4.78, 5) is 24.6. The summed E-state index contributed by atoms with van der Waals surface area (Å²) in [5.41, 5.74) is 0. The monoisotopic (exact) mass is 245 g/mol. The van der Waals surface area contributed by atoms with E-state index in [1.807, 2.05) is 6.92 Å². The Balaban J connectivity index is 3.79. The minimum absolute atomic E-state index is 0.0165. The third-order valence-corrected chi connectivity index (χ3v) is 2.42. The van der Waals surface area contributed by atoms with Crippen LogP contribution in [-0.4, -0.2) is 63.2 Å². The van der Waals surface area contributed by atoms with Crippen LogP contribution in [0.25, 0.3) is 0 Å². The smallest absolute Gasteiger partial charge is 0.239 e. The molecule has 1 unspecified atom stereocenters. The Kier molecular flexibility index (Phi) is 8.35. The lowest BCUT2D eigenvalue weighted by atomic mass is 10.3. The van der Waals surface area contributed by atoms with E-state index in [0.29, 0.717) is 19.7 Å². The van der Waals surface area contributed by atoms with Gasteiger partial charge >= 0.3 is 0 Å². The highest BCUT2D eigenvalue weighted by Crippen LogP contribution is 1.90. The number of hydrogen-bond donors (Lipinski definition) is 2. The molecule has 0 aliphatic heterocycles. The zero-order chi connectivity index (χ0) is 13.3. The molecule has 0 aliphatic rings. The molecule has 0 aromatic heterocycles. The molecular formula is C11H23N3O3. The molecule has 0 bridgehead atoms. The van der Waals surface area contributed by atoms with Crippen LogP contribution < -0.4 is 10.6 Å². The standard InChI is InChI=1S/C11H23N3O3/c1-5-14(3)11(16)9(2)13-8-10(15)12-6-7-17-4/h9,13H,5-8H2,1-4H3,(H,12,15). The van der Waals surface area contributed by atoms with Gasteiger partial charge in [0.2, 0.25) is 11.8 Å². The van der Waals surface area contributed by atoms with Crippen LogP contribution in [0.5, 0.6) is 0 Å². The molecule has 17 heavy (non-hydrogen) atoms. The van der Waals surface area contributed by atoms with E-state index in [1.165, 1.54) is 0 Å². The van der Waals surface area contributed by atoms with Gasteiger partial charge in [-0.25, -0.2) is 0 Å². The second-order valence-corrected chi connectivity index (χ2v) is 3.80. The topological polar surface area (TPSA) is 70.7 Å². The fourth-order valence-corrected chi connectivity index (χ4v) is 1.17. The van der Waals surface area contributed by atoms with E-state index in [2.05, 4.69) is 10.6 Å². The number of nitrogens with zero attached hydrogens (tertiary/aromatic N) is 1. The van der Waals surface area contributed by atoms with Gasteiger partial charge in [-0.3, -0.25) is 14.9 Å². The minimum atomic E-state index is -0.354. The predicted molar refractivity (Wildman–Crippen MR) is 65.7 cm³/mol. The molecule has 0 aromatic rings. The minimum Gasteiger partial charge on any atom is -0.383 e. The van der Waals surface area contributed by atoms with Gasteiger partial charge < -0.3 is 15.0 Å². The van der Waals surface area contributed by atoms with Crippen LogP contribution >= 0.6 is 0 Å². The molecule has 0 heterocycles. The van der Waals surface area contributed by atoms with Crippen molar-refractivity contribution in [3.63, 3.8) is 0 Å². The molecule has 0 fully saturated rings. The maximum atomic E-state index is 11.7. The molecule has 6 heteroatoms. The average molecular weight is 245 g/mol. The quantitative estimate of drug-likeness (QED) is 0.550. The largest absolute Gasteiger partial charge is 0.383 e. The Hall–Kier alpha value is -1.14. The Bertz CT molecular complexity index is 246. The summed E-state index contributed by atoms with van der Waals surface area (Å²) in [5.74, 6) is -0.155. The number of methoxy groups -OCH3 is 1. The van der Waals surface area contributed by atoms with Gasteiger partial charge in [0.1, 0.15) is 0 Å². The lowest BCUT2D eigenvalue weighted by Gasteiger charge is -2.20. The Morgan fingerprint density at radius 1 is 1.41 bits per heavy atom. The van der Waals surface area contributed by atoms with E-state index in [1.54, 1.807) is 26.0 Å². The number of hydrogen-bond acceptors (Lipinski definition) is 4. The van der Waals surface area contributed by atoms with Crippen LogP contribution in [0.1, 0.15) is 13.8 Å². The van der Waals surface area contributed by atoms with E-state index in [9.17, 15) is 9.59 Å². The third-order valence-electron chi connectivity index (χ3n) is 2.42. The van der Waals surface area contributed by atoms with Gasteiger partial charge in [0.25, 0.3) is 0 Å². The number of ether oxygens (including phenoxy) is 1. The van der Waals surface area contributed by atoms with Crippen molar-refractivity contribution < 1.29 is 14.3 Å². The van der Waals surface area contributed by atoms with E-state index in [4.69, 9.17) is 4.74 Å². The molecule has 6 nitrogen and oxygen atoms in total. The molecule has 0 radical (unpaired) electrons. The maximum Gasteiger partial charge on any atom is 0.239 e. The second kappa shape index (κ2) is 8.95. The van der Waals surface area contributed by atoms with Crippen molar-refractivity contribution in [1.29, 1.82) is 0 Å². The van der Waals surface area contributed by atoms with Crippen LogP contribution in [0.2, 0.25) is 0 Å². The van der Waals surface area contributed by atoms with Crippen molar-refractivity contribution in [1.82, 2.24) is 15.5 Å². The highest BCUT2D eigenvalue weighted by atomic mass is 16.5. The van der Waals surface area contributed by atoms with Crippen LogP contribution in [0, 0.1) is 0 Å². The summed E-state index contributed by atoms with van der Waals surface area (Å²) in [6, 6.07) is -0.354. The Morgan fingerprint density at radius 2 is 2.06 bits per heavy atom. The molecule has 2 N–H and O–H groups in total. The maximum absolute atomic E-state index is 11.7. The predicted octanol–water partition coefficient (Wildman–Crippen LogP) is -0.795. The van der Waals surface area contributed by atoms with Crippen molar-refractivity contribution in [2.45, 2.75) is 19.9 Å². The highest BCUT2D eigenvalue weighted by Gasteiger charge is 2.16. The van der Waals surface area contributed by atoms with Gasteiger partial charge in [-0.15, -0.1) is 0 Å². The number of carbonyl (C=O) groups excluding carboxylic acids is 2. The zero-order valence-electron chi connectivity index (χ0n) is 11.1. The van der Waals surface area contributed by atoms with Gasteiger partial charge in [-0.2, -0.15) is 0 Å². The van der Waals surface area contributed by atoms with Crippen molar-refractivity contribution in [3.8, 4) is 0 Å². The molecule has 0 spiro atoms. The van der Waals surface area contributed by atoms with Crippen molar-refractivity contribution in [2.24, 2.45) is 0 Å². The molecule has 0 aliphatic carbocycles. The normalized spacial score (nSPS) is 12.0. The first kappa shape index (κ1) is 15.9. The number of amides is 2. The van der Waals surface area contributed by atoms with Crippen LogP contribution in [0.4, 0.5) is 0 Å². The first-order valence-corrected chi connectivity index (χ1v) is 5.76. The fraction of sp³-hybridized carbons (Fsp3) is 0.818. The Morgan fingerprint density at radius 3 is 2.59 bits per heavy atom. The summed E-state index contributed by atoms with van der Waals surface area (Å²) >= 11 is 0. The summed E-state index contributed by atoms with van der Waals surface area (Å²) in [7, 11) is 3.31. The molecule has 0 rings (SSSR count).